The molecule has 33 heavy (non-hydrogen) atoms. The van der Waals surface area contributed by atoms with Gasteiger partial charge in [0, 0.05) is 30.8 Å². The summed E-state index contributed by atoms with van der Waals surface area (Å²) in [4.78, 5) is 27.4. The third-order valence-electron chi connectivity index (χ3n) is 6.20. The molecular weight excluding hydrogens is 420 g/mol. The van der Waals surface area contributed by atoms with Crippen molar-refractivity contribution >= 4 is 17.5 Å². The number of carbonyl (C=O) groups is 2. The van der Waals surface area contributed by atoms with Gasteiger partial charge in [-0.1, -0.05) is 32.9 Å². The predicted octanol–water partition coefficient (Wildman–Crippen LogP) is 4.36. The third kappa shape index (κ3) is 5.41. The van der Waals surface area contributed by atoms with Crippen molar-refractivity contribution in [3.8, 4) is 17.2 Å². The Labute approximate surface area is 195 Å². The molecule has 1 atom stereocenters. The summed E-state index contributed by atoms with van der Waals surface area (Å²) < 4.78 is 16.6. The van der Waals surface area contributed by atoms with Gasteiger partial charge in [0.1, 0.15) is 5.75 Å². The van der Waals surface area contributed by atoms with Crippen LogP contribution in [0.4, 0.5) is 5.69 Å². The normalized spacial score (nSPS) is 16.9. The number of hydrogen-bond donors (Lipinski definition) is 1. The summed E-state index contributed by atoms with van der Waals surface area (Å²) in [6.07, 6.45) is 0.661. The standard InChI is InChI=1S/C26H32N2O5/c1-17(33-21-8-5-19(6-9-21)26(2,3)4)25(30)28-13-11-18(12-14-28)24(29)27-20-7-10-22-23(15-20)32-16-31-22/h5-10,15,17-18H,11-14,16H2,1-4H3,(H,27,29). The molecule has 176 valence electrons. The number of rotatable bonds is 5. The predicted molar refractivity (Wildman–Crippen MR) is 126 cm³/mol. The van der Waals surface area contributed by atoms with E-state index in [1.165, 1.54) is 5.56 Å². The van der Waals surface area contributed by atoms with Crippen molar-refractivity contribution in [3.63, 3.8) is 0 Å². The van der Waals surface area contributed by atoms with Crippen LogP contribution in [0.15, 0.2) is 42.5 Å². The van der Waals surface area contributed by atoms with Crippen LogP contribution < -0.4 is 19.5 Å². The van der Waals surface area contributed by atoms with Crippen LogP contribution in [0.25, 0.3) is 0 Å². The SMILES string of the molecule is CC(Oc1ccc(C(C)(C)C)cc1)C(=O)N1CCC(C(=O)Nc2ccc3c(c2)OCO3)CC1. The van der Waals surface area contributed by atoms with E-state index in [1.54, 1.807) is 30.0 Å². The van der Waals surface area contributed by atoms with Gasteiger partial charge in [-0.3, -0.25) is 9.59 Å². The molecular formula is C26H32N2O5. The van der Waals surface area contributed by atoms with E-state index in [4.69, 9.17) is 14.2 Å². The molecule has 1 saturated heterocycles. The molecule has 0 aliphatic carbocycles. The number of anilines is 1. The number of benzene rings is 2. The van der Waals surface area contributed by atoms with Gasteiger partial charge in [0.05, 0.1) is 0 Å². The van der Waals surface area contributed by atoms with E-state index in [1.807, 2.05) is 24.3 Å². The molecule has 1 unspecified atom stereocenters. The molecule has 1 fully saturated rings. The summed E-state index contributed by atoms with van der Waals surface area (Å²) >= 11 is 0. The molecule has 0 saturated carbocycles. The Balaban J connectivity index is 1.26. The van der Waals surface area contributed by atoms with Gasteiger partial charge < -0.3 is 24.4 Å². The van der Waals surface area contributed by atoms with Crippen LogP contribution in [0.5, 0.6) is 17.2 Å². The Kier molecular flexibility index (Phi) is 6.49. The van der Waals surface area contributed by atoms with Crippen molar-refractivity contribution < 1.29 is 23.8 Å². The van der Waals surface area contributed by atoms with Gasteiger partial charge in [0.15, 0.2) is 17.6 Å². The van der Waals surface area contributed by atoms with Crippen LogP contribution in [0, 0.1) is 5.92 Å². The number of hydrogen-bond acceptors (Lipinski definition) is 5. The number of fused-ring (bicyclic) bond motifs is 1. The molecule has 0 bridgehead atoms. The van der Waals surface area contributed by atoms with Crippen molar-refractivity contribution in [3.05, 3.63) is 48.0 Å². The molecule has 0 radical (unpaired) electrons. The topological polar surface area (TPSA) is 77.1 Å². The van der Waals surface area contributed by atoms with Gasteiger partial charge in [0.2, 0.25) is 12.7 Å². The first-order valence-corrected chi connectivity index (χ1v) is 11.5. The molecule has 7 nitrogen and oxygen atoms in total. The van der Waals surface area contributed by atoms with Crippen molar-refractivity contribution in [2.24, 2.45) is 5.92 Å². The van der Waals surface area contributed by atoms with Crippen molar-refractivity contribution in [1.29, 1.82) is 0 Å². The molecule has 4 rings (SSSR count). The minimum Gasteiger partial charge on any atom is -0.481 e. The van der Waals surface area contributed by atoms with E-state index in [2.05, 4.69) is 26.1 Å². The second-order valence-corrected chi connectivity index (χ2v) is 9.69. The molecule has 2 aliphatic rings. The zero-order valence-corrected chi connectivity index (χ0v) is 19.7. The lowest BCUT2D eigenvalue weighted by atomic mass is 9.87. The second-order valence-electron chi connectivity index (χ2n) is 9.69. The zero-order chi connectivity index (χ0) is 23.6. The molecule has 2 aromatic rings. The lowest BCUT2D eigenvalue weighted by Gasteiger charge is -2.33. The highest BCUT2D eigenvalue weighted by Crippen LogP contribution is 2.34. The molecule has 7 heteroatoms. The van der Waals surface area contributed by atoms with Crippen LogP contribution in [-0.4, -0.2) is 42.7 Å². The first-order valence-electron chi connectivity index (χ1n) is 11.5. The highest BCUT2D eigenvalue weighted by molar-refractivity contribution is 5.93. The summed E-state index contributed by atoms with van der Waals surface area (Å²) in [5.41, 5.74) is 1.97. The number of nitrogens with zero attached hydrogens (tertiary/aromatic N) is 1. The largest absolute Gasteiger partial charge is 0.481 e. The van der Waals surface area contributed by atoms with Gasteiger partial charge in [-0.25, -0.2) is 0 Å². The van der Waals surface area contributed by atoms with Crippen molar-refractivity contribution in [2.75, 3.05) is 25.2 Å². The number of likely N-dealkylation sites (tertiary alicyclic amines) is 1. The molecule has 2 aliphatic heterocycles. The molecule has 0 aromatic heterocycles. The van der Waals surface area contributed by atoms with Crippen LogP contribution in [-0.2, 0) is 15.0 Å². The molecule has 2 aromatic carbocycles. The van der Waals surface area contributed by atoms with E-state index >= 15 is 0 Å². The number of ether oxygens (including phenoxy) is 3. The van der Waals surface area contributed by atoms with Crippen LogP contribution in [0.2, 0.25) is 0 Å². The summed E-state index contributed by atoms with van der Waals surface area (Å²) in [5.74, 6) is 1.77. The number of piperidine rings is 1. The number of carbonyl (C=O) groups excluding carboxylic acids is 2. The molecule has 2 heterocycles. The first kappa shape index (κ1) is 23.0. The molecule has 1 N–H and O–H groups in total. The third-order valence-corrected chi connectivity index (χ3v) is 6.20. The summed E-state index contributed by atoms with van der Waals surface area (Å²) in [6, 6.07) is 13.3. The molecule has 0 spiro atoms. The smallest absolute Gasteiger partial charge is 0.263 e. The number of amides is 2. The van der Waals surface area contributed by atoms with E-state index in [0.29, 0.717) is 48.9 Å². The fourth-order valence-corrected chi connectivity index (χ4v) is 4.13. The van der Waals surface area contributed by atoms with E-state index in [0.717, 1.165) is 0 Å². The van der Waals surface area contributed by atoms with Crippen LogP contribution in [0.1, 0.15) is 46.1 Å². The minimum atomic E-state index is -0.579. The quantitative estimate of drug-likeness (QED) is 0.730. The van der Waals surface area contributed by atoms with E-state index in [-0.39, 0.29) is 29.9 Å². The lowest BCUT2D eigenvalue weighted by Crippen LogP contribution is -2.46. The number of nitrogens with one attached hydrogen (secondary N) is 1. The Hall–Kier alpha value is -3.22. The van der Waals surface area contributed by atoms with Gasteiger partial charge >= 0.3 is 0 Å². The second kappa shape index (κ2) is 9.33. The summed E-state index contributed by atoms with van der Waals surface area (Å²) in [5, 5.41) is 2.95. The van der Waals surface area contributed by atoms with Crippen molar-refractivity contribution in [2.45, 2.75) is 52.1 Å². The fourth-order valence-electron chi connectivity index (χ4n) is 4.13. The maximum atomic E-state index is 12.9. The first-order chi connectivity index (χ1) is 15.7. The summed E-state index contributed by atoms with van der Waals surface area (Å²) in [7, 11) is 0. The van der Waals surface area contributed by atoms with Gasteiger partial charge in [-0.2, -0.15) is 0 Å². The Bertz CT molecular complexity index is 1000. The molecule has 2 amide bonds. The fraction of sp³-hybridized carbons (Fsp3) is 0.462. The highest BCUT2D eigenvalue weighted by Gasteiger charge is 2.30. The van der Waals surface area contributed by atoms with Gasteiger partial charge in [-0.15, -0.1) is 0 Å². The Morgan fingerprint density at radius 3 is 2.36 bits per heavy atom. The van der Waals surface area contributed by atoms with Gasteiger partial charge in [0.25, 0.3) is 5.91 Å². The van der Waals surface area contributed by atoms with E-state index < -0.39 is 6.10 Å². The average molecular weight is 453 g/mol. The average Bonchev–Trinajstić information content (AvgIpc) is 3.26. The highest BCUT2D eigenvalue weighted by atomic mass is 16.7. The van der Waals surface area contributed by atoms with E-state index in [9.17, 15) is 9.59 Å². The van der Waals surface area contributed by atoms with Crippen molar-refractivity contribution in [1.82, 2.24) is 4.90 Å². The Morgan fingerprint density at radius 2 is 1.70 bits per heavy atom. The Morgan fingerprint density at radius 1 is 1.03 bits per heavy atom. The maximum absolute atomic E-state index is 12.9. The minimum absolute atomic E-state index is 0.0378. The van der Waals surface area contributed by atoms with Gasteiger partial charge in [-0.05, 0) is 55.0 Å². The summed E-state index contributed by atoms with van der Waals surface area (Å²) in [6.45, 7) is 9.53. The zero-order valence-electron chi connectivity index (χ0n) is 19.7. The van der Waals surface area contributed by atoms with Crippen LogP contribution in [0.3, 0.4) is 0 Å². The van der Waals surface area contributed by atoms with Crippen LogP contribution >= 0.6 is 0 Å². The lowest BCUT2D eigenvalue weighted by molar-refractivity contribution is -0.140. The maximum Gasteiger partial charge on any atom is 0.263 e. The monoisotopic (exact) mass is 452 g/mol.